The topological polar surface area (TPSA) is 87.9 Å². The lowest BCUT2D eigenvalue weighted by atomic mass is 9.93. The molecular formula is C23H28N6OS2. The van der Waals surface area contributed by atoms with Crippen LogP contribution in [0.15, 0.2) is 24.5 Å². The van der Waals surface area contributed by atoms with Gasteiger partial charge < -0.3 is 9.64 Å². The molecule has 2 aromatic heterocycles. The van der Waals surface area contributed by atoms with Crippen molar-refractivity contribution in [2.24, 2.45) is 0 Å². The quantitative estimate of drug-likeness (QED) is 0.530. The highest BCUT2D eigenvalue weighted by molar-refractivity contribution is 8.14. The van der Waals surface area contributed by atoms with Crippen molar-refractivity contribution in [2.75, 3.05) is 18.8 Å². The smallest absolute Gasteiger partial charge is 0.299 e. The van der Waals surface area contributed by atoms with Gasteiger partial charge in [-0.1, -0.05) is 38.6 Å². The second-order valence-electron chi connectivity index (χ2n) is 8.96. The molecule has 1 fully saturated rings. The Morgan fingerprint density at radius 1 is 1.12 bits per heavy atom. The fourth-order valence-electron chi connectivity index (χ4n) is 3.42. The number of ether oxygens (including phenoxy) is 1. The molecule has 168 valence electrons. The molecule has 1 N–H and O–H groups in total. The van der Waals surface area contributed by atoms with Gasteiger partial charge in [-0.2, -0.15) is 9.36 Å². The first kappa shape index (κ1) is 22.7. The highest BCUT2D eigenvalue weighted by atomic mass is 32.2. The van der Waals surface area contributed by atoms with Gasteiger partial charge in [0, 0.05) is 42.0 Å². The number of amidine groups is 1. The van der Waals surface area contributed by atoms with Crippen LogP contribution in [0.1, 0.15) is 43.2 Å². The van der Waals surface area contributed by atoms with Gasteiger partial charge in [-0.05, 0) is 43.0 Å². The Kier molecular flexibility index (Phi) is 6.48. The predicted octanol–water partition coefficient (Wildman–Crippen LogP) is 5.23. The maximum Gasteiger partial charge on any atom is 0.299 e. The summed E-state index contributed by atoms with van der Waals surface area (Å²) in [5, 5.41) is 9.15. The highest BCUT2D eigenvalue weighted by Crippen LogP contribution is 2.31. The number of rotatable bonds is 6. The van der Waals surface area contributed by atoms with Gasteiger partial charge in [0.05, 0.1) is 11.9 Å². The number of hydrogen-bond donors (Lipinski definition) is 1. The van der Waals surface area contributed by atoms with Crippen molar-refractivity contribution >= 4 is 28.5 Å². The van der Waals surface area contributed by atoms with Crippen molar-refractivity contribution in [1.82, 2.24) is 24.2 Å². The van der Waals surface area contributed by atoms with E-state index in [1.807, 2.05) is 6.92 Å². The first-order valence-corrected chi connectivity index (χ1v) is 12.4. The van der Waals surface area contributed by atoms with Crippen LogP contribution in [0.3, 0.4) is 0 Å². The third-order valence-electron chi connectivity index (χ3n) is 5.43. The summed E-state index contributed by atoms with van der Waals surface area (Å²) in [5.41, 5.74) is 5.04. The Morgan fingerprint density at radius 2 is 1.94 bits per heavy atom. The summed E-state index contributed by atoms with van der Waals surface area (Å²) in [5.74, 6) is 2.32. The maximum atomic E-state index is 7.98. The van der Waals surface area contributed by atoms with E-state index in [1.165, 1.54) is 22.7 Å². The van der Waals surface area contributed by atoms with E-state index in [2.05, 4.69) is 64.1 Å². The molecule has 0 saturated carbocycles. The van der Waals surface area contributed by atoms with Crippen molar-refractivity contribution in [2.45, 2.75) is 46.5 Å². The third-order valence-corrected chi connectivity index (χ3v) is 6.94. The lowest BCUT2D eigenvalue weighted by Crippen LogP contribution is -2.26. The number of hydrogen-bond acceptors (Lipinski definition) is 8. The summed E-state index contributed by atoms with van der Waals surface area (Å²) in [6.45, 7) is 12.3. The zero-order valence-corrected chi connectivity index (χ0v) is 20.7. The number of thioether (sulfide) groups is 1. The van der Waals surface area contributed by atoms with E-state index in [0.717, 1.165) is 42.3 Å². The zero-order valence-electron chi connectivity index (χ0n) is 19.1. The van der Waals surface area contributed by atoms with Crippen LogP contribution in [0.4, 0.5) is 0 Å². The van der Waals surface area contributed by atoms with Crippen molar-refractivity contribution < 1.29 is 4.74 Å². The number of benzene rings is 1. The molecule has 1 aliphatic rings. The SMILES string of the molecule is Cc1cc(Oc2nc(-c3cnc(C(C)(C)C)cn3)ns2)c(C)cc1CCN1CCSC1=N. The fraction of sp³-hybridized carbons (Fsp3) is 0.435. The molecule has 3 aromatic rings. The van der Waals surface area contributed by atoms with Crippen LogP contribution in [-0.4, -0.2) is 48.2 Å². The van der Waals surface area contributed by atoms with Crippen LogP contribution in [0.5, 0.6) is 10.9 Å². The van der Waals surface area contributed by atoms with Gasteiger partial charge in [0.25, 0.3) is 5.19 Å². The van der Waals surface area contributed by atoms with Gasteiger partial charge in [0.15, 0.2) is 11.0 Å². The second kappa shape index (κ2) is 9.15. The third kappa shape index (κ3) is 5.10. The summed E-state index contributed by atoms with van der Waals surface area (Å²) in [6.07, 6.45) is 4.42. The summed E-state index contributed by atoms with van der Waals surface area (Å²) in [7, 11) is 0. The molecular weight excluding hydrogens is 440 g/mol. The molecule has 0 atom stereocenters. The van der Waals surface area contributed by atoms with Crippen molar-refractivity contribution in [3.05, 3.63) is 46.9 Å². The van der Waals surface area contributed by atoms with Crippen molar-refractivity contribution in [1.29, 1.82) is 5.41 Å². The molecule has 7 nitrogen and oxygen atoms in total. The van der Waals surface area contributed by atoms with E-state index in [0.29, 0.717) is 21.9 Å². The van der Waals surface area contributed by atoms with Crippen LogP contribution < -0.4 is 4.74 Å². The molecule has 0 bridgehead atoms. The number of nitrogens with zero attached hydrogens (tertiary/aromatic N) is 5. The Balaban J connectivity index is 1.45. The van der Waals surface area contributed by atoms with Crippen LogP contribution in [0, 0.1) is 19.3 Å². The van der Waals surface area contributed by atoms with Gasteiger partial charge in [0.2, 0.25) is 0 Å². The van der Waals surface area contributed by atoms with E-state index in [1.54, 1.807) is 24.2 Å². The molecule has 0 aliphatic carbocycles. The van der Waals surface area contributed by atoms with Crippen molar-refractivity contribution in [3.8, 4) is 22.5 Å². The highest BCUT2D eigenvalue weighted by Gasteiger charge is 2.19. The zero-order chi connectivity index (χ0) is 22.9. The molecule has 1 aliphatic heterocycles. The van der Waals surface area contributed by atoms with E-state index >= 15 is 0 Å². The van der Waals surface area contributed by atoms with E-state index in [-0.39, 0.29) is 5.41 Å². The molecule has 0 unspecified atom stereocenters. The Labute approximate surface area is 197 Å². The number of nitrogens with one attached hydrogen (secondary N) is 1. The van der Waals surface area contributed by atoms with Gasteiger partial charge in [0.1, 0.15) is 11.4 Å². The number of aryl methyl sites for hydroxylation is 2. The normalized spacial score (nSPS) is 14.3. The minimum Gasteiger partial charge on any atom is -0.430 e. The van der Waals surface area contributed by atoms with E-state index < -0.39 is 0 Å². The monoisotopic (exact) mass is 468 g/mol. The number of aromatic nitrogens is 4. The predicted molar refractivity (Wildman–Crippen MR) is 131 cm³/mol. The average Bonchev–Trinajstić information content (AvgIpc) is 3.38. The molecule has 1 aromatic carbocycles. The van der Waals surface area contributed by atoms with Crippen LogP contribution in [-0.2, 0) is 11.8 Å². The summed E-state index contributed by atoms with van der Waals surface area (Å²) in [6, 6.07) is 4.24. The lowest BCUT2D eigenvalue weighted by Gasteiger charge is -2.18. The van der Waals surface area contributed by atoms with Gasteiger partial charge >= 0.3 is 0 Å². The first-order valence-electron chi connectivity index (χ1n) is 10.6. The Hall–Kier alpha value is -2.52. The minimum atomic E-state index is -0.0496. The molecule has 0 radical (unpaired) electrons. The summed E-state index contributed by atoms with van der Waals surface area (Å²) < 4.78 is 10.5. The standard InChI is InChI=1S/C23H28N6OS2/c1-14-11-18(15(2)10-16(14)6-7-29-8-9-31-21(29)24)30-22-27-20(28-32-22)17-12-26-19(13-25-17)23(3,4)5/h10-13,24H,6-9H2,1-5H3. The minimum absolute atomic E-state index is 0.0496. The summed E-state index contributed by atoms with van der Waals surface area (Å²) >= 11 is 2.83. The largest absolute Gasteiger partial charge is 0.430 e. The van der Waals surface area contributed by atoms with E-state index in [4.69, 9.17) is 10.1 Å². The van der Waals surface area contributed by atoms with Crippen LogP contribution in [0.2, 0.25) is 0 Å². The molecule has 3 heterocycles. The second-order valence-corrected chi connectivity index (χ2v) is 10.8. The van der Waals surface area contributed by atoms with Crippen molar-refractivity contribution in [3.63, 3.8) is 0 Å². The maximum absolute atomic E-state index is 7.98. The molecule has 0 spiro atoms. The molecule has 9 heteroatoms. The van der Waals surface area contributed by atoms with Crippen LogP contribution >= 0.6 is 23.3 Å². The molecule has 1 saturated heterocycles. The molecule has 0 amide bonds. The first-order chi connectivity index (χ1) is 15.2. The van der Waals surface area contributed by atoms with Gasteiger partial charge in [-0.3, -0.25) is 10.4 Å². The summed E-state index contributed by atoms with van der Waals surface area (Å²) in [4.78, 5) is 15.6. The van der Waals surface area contributed by atoms with Gasteiger partial charge in [-0.25, -0.2) is 4.98 Å². The van der Waals surface area contributed by atoms with Crippen LogP contribution in [0.25, 0.3) is 11.5 Å². The average molecular weight is 469 g/mol. The Morgan fingerprint density at radius 3 is 2.59 bits per heavy atom. The van der Waals surface area contributed by atoms with Gasteiger partial charge in [-0.15, -0.1) is 0 Å². The Bertz CT molecular complexity index is 1120. The molecule has 4 rings (SSSR count). The lowest BCUT2D eigenvalue weighted by molar-refractivity contribution is 0.461. The fourth-order valence-corrected chi connectivity index (χ4v) is 4.85. The van der Waals surface area contributed by atoms with E-state index in [9.17, 15) is 0 Å². The molecule has 32 heavy (non-hydrogen) atoms.